The van der Waals surface area contributed by atoms with E-state index in [9.17, 15) is 0 Å². The van der Waals surface area contributed by atoms with Crippen molar-refractivity contribution in [2.45, 2.75) is 41.0 Å². The summed E-state index contributed by atoms with van der Waals surface area (Å²) in [6.07, 6.45) is 13.5. The van der Waals surface area contributed by atoms with Gasteiger partial charge in [0.2, 0.25) is 0 Å². The Balaban J connectivity index is 0.00000126. The van der Waals surface area contributed by atoms with Gasteiger partial charge in [0.25, 0.3) is 0 Å². The number of benzene rings is 1. The Morgan fingerprint density at radius 1 is 1.07 bits per heavy atom. The number of fused-ring (bicyclic) bond motifs is 3. The third kappa shape index (κ3) is 4.88. The van der Waals surface area contributed by atoms with E-state index >= 15 is 0 Å². The van der Waals surface area contributed by atoms with Crippen molar-refractivity contribution >= 4 is 27.4 Å². The molecule has 0 aliphatic heterocycles. The standard InChI is InChI=1S/C22H25N3.C2H6/c1-4-7-18(24-6-3)10-8-16(5-2)17-9-11-19-20-15-23-13-12-21(20)25-22(19)14-17;1-2/h5,7-15,24-25H,4,6H2,1-3H3;1-2H3/b10-8-,16-5+,18-7-;. The Morgan fingerprint density at radius 2 is 1.89 bits per heavy atom. The van der Waals surface area contributed by atoms with Crippen LogP contribution in [0.2, 0.25) is 0 Å². The number of allylic oxidation sites excluding steroid dienone is 5. The smallest absolute Gasteiger partial charge is 0.0495 e. The Morgan fingerprint density at radius 3 is 2.59 bits per heavy atom. The molecule has 0 atom stereocenters. The zero-order valence-electron chi connectivity index (χ0n) is 17.1. The summed E-state index contributed by atoms with van der Waals surface area (Å²) in [5, 5.41) is 5.78. The number of nitrogens with zero attached hydrogens (tertiary/aromatic N) is 1. The first-order chi connectivity index (χ1) is 13.3. The van der Waals surface area contributed by atoms with Gasteiger partial charge in [0.15, 0.2) is 0 Å². The second kappa shape index (κ2) is 10.4. The van der Waals surface area contributed by atoms with Gasteiger partial charge >= 0.3 is 0 Å². The molecule has 1 aromatic carbocycles. The largest absolute Gasteiger partial charge is 0.386 e. The lowest BCUT2D eigenvalue weighted by molar-refractivity contribution is 0.870. The Kier molecular flexibility index (Phi) is 7.87. The zero-order chi connectivity index (χ0) is 19.6. The molecular formula is C24H31N3. The van der Waals surface area contributed by atoms with Crippen LogP contribution in [0, 0.1) is 0 Å². The van der Waals surface area contributed by atoms with E-state index < -0.39 is 0 Å². The van der Waals surface area contributed by atoms with Crippen LogP contribution < -0.4 is 5.32 Å². The summed E-state index contributed by atoms with van der Waals surface area (Å²) < 4.78 is 0. The van der Waals surface area contributed by atoms with Crippen LogP contribution in [0.25, 0.3) is 27.4 Å². The number of pyridine rings is 1. The van der Waals surface area contributed by atoms with Gasteiger partial charge < -0.3 is 10.3 Å². The molecule has 2 heterocycles. The molecule has 0 radical (unpaired) electrons. The van der Waals surface area contributed by atoms with Crippen LogP contribution in [-0.2, 0) is 0 Å². The van der Waals surface area contributed by atoms with Gasteiger partial charge in [-0.15, -0.1) is 0 Å². The first-order valence-electron chi connectivity index (χ1n) is 9.91. The summed E-state index contributed by atoms with van der Waals surface area (Å²) in [5.74, 6) is 0. The fraction of sp³-hybridized carbons (Fsp3) is 0.292. The minimum absolute atomic E-state index is 0.927. The summed E-state index contributed by atoms with van der Waals surface area (Å²) in [6.45, 7) is 11.3. The topological polar surface area (TPSA) is 40.7 Å². The van der Waals surface area contributed by atoms with Crippen molar-refractivity contribution in [3.63, 3.8) is 0 Å². The maximum absolute atomic E-state index is 4.24. The van der Waals surface area contributed by atoms with Crippen molar-refractivity contribution < 1.29 is 0 Å². The molecule has 142 valence electrons. The van der Waals surface area contributed by atoms with Gasteiger partial charge in [-0.25, -0.2) is 0 Å². The molecule has 3 nitrogen and oxygen atoms in total. The van der Waals surface area contributed by atoms with E-state index in [2.05, 4.69) is 78.6 Å². The number of aromatic amines is 1. The van der Waals surface area contributed by atoms with Crippen LogP contribution in [0.3, 0.4) is 0 Å². The third-order valence-corrected chi connectivity index (χ3v) is 4.29. The van der Waals surface area contributed by atoms with Crippen molar-refractivity contribution in [2.75, 3.05) is 6.54 Å². The molecule has 0 amide bonds. The lowest BCUT2D eigenvalue weighted by Crippen LogP contribution is -2.10. The molecule has 3 rings (SSSR count). The molecule has 0 saturated carbocycles. The molecule has 0 fully saturated rings. The minimum Gasteiger partial charge on any atom is -0.386 e. The molecular weight excluding hydrogens is 330 g/mol. The van der Waals surface area contributed by atoms with E-state index in [4.69, 9.17) is 0 Å². The van der Waals surface area contributed by atoms with Crippen molar-refractivity contribution in [2.24, 2.45) is 0 Å². The van der Waals surface area contributed by atoms with E-state index in [1.165, 1.54) is 27.6 Å². The molecule has 0 spiro atoms. The molecule has 3 heteroatoms. The van der Waals surface area contributed by atoms with E-state index in [1.54, 1.807) is 0 Å². The molecule has 3 aromatic rings. The van der Waals surface area contributed by atoms with E-state index in [0.29, 0.717) is 0 Å². The molecule has 27 heavy (non-hydrogen) atoms. The van der Waals surface area contributed by atoms with Crippen LogP contribution in [0.5, 0.6) is 0 Å². The SMILES string of the molecule is CC.C\C=C(/C=C\C(=C\CC)NCC)c1ccc2c(c1)[nH]c1ccncc12. The Labute approximate surface area is 162 Å². The highest BCUT2D eigenvalue weighted by molar-refractivity contribution is 6.07. The summed E-state index contributed by atoms with van der Waals surface area (Å²) in [7, 11) is 0. The van der Waals surface area contributed by atoms with Gasteiger partial charge in [-0.05, 0) is 49.6 Å². The third-order valence-electron chi connectivity index (χ3n) is 4.29. The summed E-state index contributed by atoms with van der Waals surface area (Å²) in [5.41, 5.74) is 5.85. The first kappa shape index (κ1) is 20.5. The first-order valence-corrected chi connectivity index (χ1v) is 9.91. The van der Waals surface area contributed by atoms with Gasteiger partial charge in [-0.2, -0.15) is 0 Å². The summed E-state index contributed by atoms with van der Waals surface area (Å²) in [6, 6.07) is 8.59. The normalized spacial score (nSPS) is 12.5. The molecule has 2 aromatic heterocycles. The number of hydrogen-bond donors (Lipinski definition) is 2. The average molecular weight is 362 g/mol. The number of aromatic nitrogens is 2. The maximum atomic E-state index is 4.24. The van der Waals surface area contributed by atoms with Crippen molar-refractivity contribution in [3.8, 4) is 0 Å². The highest BCUT2D eigenvalue weighted by atomic mass is 14.9. The van der Waals surface area contributed by atoms with E-state index in [-0.39, 0.29) is 0 Å². The number of rotatable bonds is 6. The zero-order valence-corrected chi connectivity index (χ0v) is 17.1. The molecule has 0 bridgehead atoms. The van der Waals surface area contributed by atoms with Crippen LogP contribution in [0.1, 0.15) is 46.6 Å². The minimum atomic E-state index is 0.927. The molecule has 0 aliphatic rings. The second-order valence-corrected chi connectivity index (χ2v) is 5.98. The molecule has 0 aliphatic carbocycles. The van der Waals surface area contributed by atoms with Crippen LogP contribution in [0.4, 0.5) is 0 Å². The quantitative estimate of drug-likeness (QED) is 0.485. The van der Waals surface area contributed by atoms with Gasteiger partial charge in [0.05, 0.1) is 0 Å². The average Bonchev–Trinajstić information content (AvgIpc) is 3.08. The van der Waals surface area contributed by atoms with E-state index in [0.717, 1.165) is 24.0 Å². The van der Waals surface area contributed by atoms with E-state index in [1.807, 2.05) is 32.3 Å². The molecule has 0 unspecified atom stereocenters. The highest BCUT2D eigenvalue weighted by Crippen LogP contribution is 2.28. The van der Waals surface area contributed by atoms with Crippen LogP contribution in [-0.4, -0.2) is 16.5 Å². The van der Waals surface area contributed by atoms with Crippen molar-refractivity contribution in [1.82, 2.24) is 15.3 Å². The number of hydrogen-bond acceptors (Lipinski definition) is 2. The number of H-pyrrole nitrogens is 1. The number of nitrogens with one attached hydrogen (secondary N) is 2. The lowest BCUT2D eigenvalue weighted by Gasteiger charge is -2.06. The fourth-order valence-corrected chi connectivity index (χ4v) is 3.09. The number of likely N-dealkylation sites (N-methyl/N-ethyl adjacent to an activating group) is 1. The molecule has 2 N–H and O–H groups in total. The van der Waals surface area contributed by atoms with Crippen LogP contribution >= 0.6 is 0 Å². The Bertz CT molecular complexity index is 958. The lowest BCUT2D eigenvalue weighted by atomic mass is 10.0. The molecule has 0 saturated heterocycles. The van der Waals surface area contributed by atoms with Gasteiger partial charge in [-0.3, -0.25) is 4.98 Å². The van der Waals surface area contributed by atoms with Gasteiger partial charge in [0, 0.05) is 46.4 Å². The van der Waals surface area contributed by atoms with Crippen LogP contribution in [0.15, 0.2) is 66.7 Å². The predicted molar refractivity (Wildman–Crippen MR) is 120 cm³/mol. The second-order valence-electron chi connectivity index (χ2n) is 5.98. The maximum Gasteiger partial charge on any atom is 0.0495 e. The highest BCUT2D eigenvalue weighted by Gasteiger charge is 2.06. The van der Waals surface area contributed by atoms with Gasteiger partial charge in [-0.1, -0.05) is 51.1 Å². The predicted octanol–water partition coefficient (Wildman–Crippen LogP) is 6.61. The Hall–Kier alpha value is -2.81. The van der Waals surface area contributed by atoms with Crippen molar-refractivity contribution in [3.05, 3.63) is 72.2 Å². The fourth-order valence-electron chi connectivity index (χ4n) is 3.09. The monoisotopic (exact) mass is 361 g/mol. The summed E-state index contributed by atoms with van der Waals surface area (Å²) in [4.78, 5) is 7.72. The van der Waals surface area contributed by atoms with Gasteiger partial charge in [0.1, 0.15) is 0 Å². The summed E-state index contributed by atoms with van der Waals surface area (Å²) >= 11 is 0. The van der Waals surface area contributed by atoms with Crippen molar-refractivity contribution in [1.29, 1.82) is 0 Å².